The van der Waals surface area contributed by atoms with Crippen molar-refractivity contribution in [3.05, 3.63) is 58.4 Å². The monoisotopic (exact) mass is 322 g/mol. The second kappa shape index (κ2) is 5.95. The van der Waals surface area contributed by atoms with Crippen LogP contribution in [-0.2, 0) is 12.8 Å². The number of urea groups is 1. The molecule has 0 fully saturated rings. The van der Waals surface area contributed by atoms with Crippen LogP contribution in [0.5, 0.6) is 0 Å². The number of carbonyl (C=O) groups excluding carboxylic acids is 1. The Hall–Kier alpha value is -1.72. The Bertz CT molecular complexity index is 708. The summed E-state index contributed by atoms with van der Waals surface area (Å²) in [6.45, 7) is 0. The average molecular weight is 323 g/mol. The number of hydrogen-bond acceptors (Lipinski definition) is 2. The Morgan fingerprint density at radius 2 is 1.95 bits per heavy atom. The zero-order valence-electron chi connectivity index (χ0n) is 11.0. The maximum Gasteiger partial charge on any atom is 0.329 e. The van der Waals surface area contributed by atoms with Crippen LogP contribution >= 0.6 is 23.5 Å². The molecule has 1 heterocycles. The average Bonchev–Trinajstić information content (AvgIpc) is 2.48. The van der Waals surface area contributed by atoms with Gasteiger partial charge in [0.2, 0.25) is 0 Å². The van der Waals surface area contributed by atoms with Gasteiger partial charge in [0.25, 0.3) is 0 Å². The molecule has 6 heteroatoms. The van der Waals surface area contributed by atoms with Crippen LogP contribution in [0.2, 0.25) is 5.02 Å². The van der Waals surface area contributed by atoms with E-state index < -0.39 is 0 Å². The highest BCUT2D eigenvalue weighted by Crippen LogP contribution is 2.34. The van der Waals surface area contributed by atoms with Gasteiger partial charge in [-0.15, -0.1) is 0 Å². The van der Waals surface area contributed by atoms with E-state index in [4.69, 9.17) is 11.6 Å². The molecule has 0 spiro atoms. The Labute approximate surface area is 131 Å². The molecule has 0 radical (unpaired) electrons. The van der Waals surface area contributed by atoms with Crippen molar-refractivity contribution in [3.63, 3.8) is 0 Å². The summed E-state index contributed by atoms with van der Waals surface area (Å²) >= 11 is 7.31. The van der Waals surface area contributed by atoms with Crippen molar-refractivity contribution in [1.29, 1.82) is 0 Å². The summed E-state index contributed by atoms with van der Waals surface area (Å²) in [6, 6.07) is 10.2. The summed E-state index contributed by atoms with van der Waals surface area (Å²) in [6.07, 6.45) is 1.08. The Morgan fingerprint density at radius 1 is 1.14 bits per heavy atom. The molecule has 0 aliphatic carbocycles. The van der Waals surface area contributed by atoms with E-state index in [1.807, 2.05) is 24.3 Å². The fourth-order valence-electron chi connectivity index (χ4n) is 2.27. The number of rotatable bonds is 3. The van der Waals surface area contributed by atoms with Gasteiger partial charge >= 0.3 is 6.03 Å². The summed E-state index contributed by atoms with van der Waals surface area (Å²) < 4.78 is 16.7. The maximum atomic E-state index is 14.1. The lowest BCUT2D eigenvalue weighted by Crippen LogP contribution is -2.28. The van der Waals surface area contributed by atoms with E-state index in [0.29, 0.717) is 29.1 Å². The summed E-state index contributed by atoms with van der Waals surface area (Å²) in [4.78, 5) is 12.2. The van der Waals surface area contributed by atoms with Crippen molar-refractivity contribution in [1.82, 2.24) is 4.72 Å². The molecule has 2 N–H and O–H groups in total. The van der Waals surface area contributed by atoms with Crippen LogP contribution in [0, 0.1) is 5.82 Å². The number of fused-ring (bicyclic) bond motifs is 1. The Balaban J connectivity index is 1.89. The highest BCUT2D eigenvalue weighted by molar-refractivity contribution is 7.98. The van der Waals surface area contributed by atoms with Crippen molar-refractivity contribution >= 4 is 35.3 Å². The second-order valence-corrected chi connectivity index (χ2v) is 5.90. The third kappa shape index (κ3) is 2.99. The predicted molar refractivity (Wildman–Crippen MR) is 83.3 cm³/mol. The molecular formula is C15H12ClFN2OS. The lowest BCUT2D eigenvalue weighted by Gasteiger charge is -2.20. The van der Waals surface area contributed by atoms with Crippen molar-refractivity contribution in [2.75, 3.05) is 5.32 Å². The highest BCUT2D eigenvalue weighted by Gasteiger charge is 2.20. The Morgan fingerprint density at radius 3 is 2.76 bits per heavy atom. The number of nitrogens with one attached hydrogen (secondary N) is 2. The molecule has 1 aliphatic rings. The van der Waals surface area contributed by atoms with Crippen LogP contribution in [0.4, 0.5) is 14.9 Å². The number of carbonyl (C=O) groups is 1. The van der Waals surface area contributed by atoms with Crippen LogP contribution in [0.25, 0.3) is 0 Å². The first-order valence-electron chi connectivity index (χ1n) is 6.44. The minimum absolute atomic E-state index is 0.316. The molecule has 0 bridgehead atoms. The molecule has 1 aliphatic heterocycles. The number of halogens is 2. The first-order chi connectivity index (χ1) is 10.1. The number of anilines is 1. The predicted octanol–water partition coefficient (Wildman–Crippen LogP) is 4.41. The fraction of sp³-hybridized carbons (Fsp3) is 0.133. The van der Waals surface area contributed by atoms with Gasteiger partial charge < -0.3 is 5.32 Å². The molecular weight excluding hydrogens is 311 g/mol. The largest absolute Gasteiger partial charge is 0.329 e. The molecule has 108 valence electrons. The molecule has 3 nitrogen and oxygen atoms in total. The molecule has 2 aromatic carbocycles. The van der Waals surface area contributed by atoms with Gasteiger partial charge in [0.1, 0.15) is 5.82 Å². The third-order valence-electron chi connectivity index (χ3n) is 3.31. The SMILES string of the molecule is O=C1NSc2ccc(F)c(CCc3ccccc3Cl)c2N1. The summed E-state index contributed by atoms with van der Waals surface area (Å²) in [5.74, 6) is -0.316. The van der Waals surface area contributed by atoms with Gasteiger partial charge in [-0.1, -0.05) is 29.8 Å². The van der Waals surface area contributed by atoms with Crippen molar-refractivity contribution in [3.8, 4) is 0 Å². The molecule has 0 saturated carbocycles. The van der Waals surface area contributed by atoms with E-state index in [2.05, 4.69) is 10.0 Å². The standard InChI is InChI=1S/C15H12ClFN2OS/c16-11-4-2-1-3-9(11)5-6-10-12(17)7-8-13-14(10)18-15(20)19-21-13/h1-4,7-8H,5-6H2,(H2,18,19,20). The van der Waals surface area contributed by atoms with Crippen molar-refractivity contribution < 1.29 is 9.18 Å². The van der Waals surface area contributed by atoms with Crippen LogP contribution in [0.3, 0.4) is 0 Å². The van der Waals surface area contributed by atoms with Gasteiger partial charge in [0, 0.05) is 10.6 Å². The maximum absolute atomic E-state index is 14.1. The molecule has 21 heavy (non-hydrogen) atoms. The molecule has 0 saturated heterocycles. The van der Waals surface area contributed by atoms with Gasteiger partial charge in [-0.2, -0.15) is 0 Å². The van der Waals surface area contributed by atoms with Crippen LogP contribution in [0.1, 0.15) is 11.1 Å². The zero-order valence-corrected chi connectivity index (χ0v) is 12.5. The lowest BCUT2D eigenvalue weighted by atomic mass is 10.0. The normalized spacial score (nSPS) is 13.3. The number of aryl methyl sites for hydroxylation is 1. The lowest BCUT2D eigenvalue weighted by molar-refractivity contribution is 0.257. The van der Waals surface area contributed by atoms with Crippen molar-refractivity contribution in [2.45, 2.75) is 17.7 Å². The first-order valence-corrected chi connectivity index (χ1v) is 7.63. The van der Waals surface area contributed by atoms with Gasteiger partial charge in [0.15, 0.2) is 0 Å². The van der Waals surface area contributed by atoms with Gasteiger partial charge in [0.05, 0.1) is 10.6 Å². The smallest absolute Gasteiger partial charge is 0.306 e. The first kappa shape index (κ1) is 14.2. The number of benzene rings is 2. The topological polar surface area (TPSA) is 41.1 Å². The molecule has 0 aromatic heterocycles. The number of hydrogen-bond donors (Lipinski definition) is 2. The Kier molecular flexibility index (Phi) is 4.03. The van der Waals surface area contributed by atoms with E-state index >= 15 is 0 Å². The fourth-order valence-corrected chi connectivity index (χ4v) is 3.16. The zero-order chi connectivity index (χ0) is 14.8. The van der Waals surface area contributed by atoms with Gasteiger partial charge in [-0.25, -0.2) is 9.18 Å². The van der Waals surface area contributed by atoms with E-state index in [1.54, 1.807) is 6.07 Å². The van der Waals surface area contributed by atoms with Crippen molar-refractivity contribution in [2.24, 2.45) is 0 Å². The summed E-state index contributed by atoms with van der Waals surface area (Å²) in [7, 11) is 0. The minimum atomic E-state index is -0.336. The summed E-state index contributed by atoms with van der Waals surface area (Å²) in [5, 5.41) is 3.35. The molecule has 2 aromatic rings. The van der Waals surface area contributed by atoms with Gasteiger partial charge in [-0.05, 0) is 48.6 Å². The molecule has 0 atom stereocenters. The van der Waals surface area contributed by atoms with Gasteiger partial charge in [-0.3, -0.25) is 4.72 Å². The number of amides is 2. The second-order valence-electron chi connectivity index (χ2n) is 4.65. The molecule has 0 unspecified atom stereocenters. The van der Waals surface area contributed by atoms with Crippen LogP contribution in [0.15, 0.2) is 41.3 Å². The van der Waals surface area contributed by atoms with E-state index in [-0.39, 0.29) is 11.8 Å². The van der Waals surface area contributed by atoms with E-state index in [0.717, 1.165) is 10.5 Å². The molecule has 3 rings (SSSR count). The molecule has 2 amide bonds. The quantitative estimate of drug-likeness (QED) is 0.822. The summed E-state index contributed by atoms with van der Waals surface area (Å²) in [5.41, 5.74) is 2.02. The van der Waals surface area contributed by atoms with Crippen LogP contribution in [-0.4, -0.2) is 6.03 Å². The van der Waals surface area contributed by atoms with E-state index in [1.165, 1.54) is 18.0 Å². The van der Waals surface area contributed by atoms with Crippen LogP contribution < -0.4 is 10.0 Å². The highest BCUT2D eigenvalue weighted by atomic mass is 35.5. The third-order valence-corrected chi connectivity index (χ3v) is 4.53. The minimum Gasteiger partial charge on any atom is -0.306 e. The van der Waals surface area contributed by atoms with E-state index in [9.17, 15) is 9.18 Å².